The maximum absolute atomic E-state index is 12.6. The highest BCUT2D eigenvalue weighted by Gasteiger charge is 2.42. The molecular formula is C17H18N4O3S. The van der Waals surface area contributed by atoms with Crippen LogP contribution in [0.4, 0.5) is 10.5 Å². The number of amides is 2. The number of aromatic nitrogens is 1. The van der Waals surface area contributed by atoms with Gasteiger partial charge in [0, 0.05) is 43.2 Å². The smallest absolute Gasteiger partial charge is 0.409 e. The number of ether oxygens (including phenoxy) is 1. The van der Waals surface area contributed by atoms with Crippen LogP contribution in [0.15, 0.2) is 30.6 Å². The first kappa shape index (κ1) is 15.9. The van der Waals surface area contributed by atoms with Gasteiger partial charge in [0.15, 0.2) is 0 Å². The molecule has 0 bridgehead atoms. The molecule has 2 aliphatic heterocycles. The lowest BCUT2D eigenvalue weighted by molar-refractivity contribution is 0.0792. The van der Waals surface area contributed by atoms with Crippen molar-refractivity contribution in [2.24, 2.45) is 0 Å². The van der Waals surface area contributed by atoms with Gasteiger partial charge in [-0.1, -0.05) is 0 Å². The van der Waals surface area contributed by atoms with Crippen molar-refractivity contribution in [2.45, 2.75) is 18.5 Å². The maximum Gasteiger partial charge on any atom is 0.409 e. The number of nitrogens with zero attached hydrogens (tertiary/aromatic N) is 2. The monoisotopic (exact) mass is 358 g/mol. The molecule has 0 saturated carbocycles. The Morgan fingerprint density at radius 2 is 2.00 bits per heavy atom. The van der Waals surface area contributed by atoms with Crippen LogP contribution < -0.4 is 10.6 Å². The fourth-order valence-corrected chi connectivity index (χ4v) is 4.34. The third-order valence-electron chi connectivity index (χ3n) is 4.68. The van der Waals surface area contributed by atoms with Gasteiger partial charge in [0.1, 0.15) is 10.5 Å². The molecule has 8 heteroatoms. The van der Waals surface area contributed by atoms with Crippen LogP contribution >= 0.6 is 11.3 Å². The Balaban J connectivity index is 1.57. The number of nitrogens with one attached hydrogen (secondary N) is 2. The number of anilines is 1. The zero-order chi connectivity index (χ0) is 17.4. The van der Waals surface area contributed by atoms with E-state index in [2.05, 4.69) is 15.6 Å². The summed E-state index contributed by atoms with van der Waals surface area (Å²) in [5.41, 5.74) is 1.39. The summed E-state index contributed by atoms with van der Waals surface area (Å²) >= 11 is 1.47. The van der Waals surface area contributed by atoms with Crippen LogP contribution in [0.3, 0.4) is 0 Å². The number of likely N-dealkylation sites (tertiary alicyclic amines) is 1. The largest absolute Gasteiger partial charge is 0.453 e. The van der Waals surface area contributed by atoms with E-state index in [4.69, 9.17) is 4.74 Å². The molecule has 0 unspecified atom stereocenters. The van der Waals surface area contributed by atoms with Crippen LogP contribution in [-0.2, 0) is 4.74 Å². The SMILES string of the molecule is COC(=O)N1CCC2(CC1)NC(=O)c1sc(-c3ccncc3)cc1N2. The van der Waals surface area contributed by atoms with Crippen molar-refractivity contribution in [2.75, 3.05) is 25.5 Å². The van der Waals surface area contributed by atoms with Gasteiger partial charge in [-0.15, -0.1) is 11.3 Å². The second-order valence-electron chi connectivity index (χ2n) is 6.21. The zero-order valence-electron chi connectivity index (χ0n) is 13.7. The summed E-state index contributed by atoms with van der Waals surface area (Å²) in [6, 6.07) is 5.88. The van der Waals surface area contributed by atoms with Crippen molar-refractivity contribution in [1.29, 1.82) is 0 Å². The molecule has 0 aliphatic carbocycles. The molecule has 0 aromatic carbocycles. The summed E-state index contributed by atoms with van der Waals surface area (Å²) in [7, 11) is 1.38. The standard InChI is InChI=1S/C17H18N4O3S/c1-24-16(23)21-8-4-17(5-9-21)19-12-10-13(11-2-6-18-7-3-11)25-14(12)15(22)20-17/h2-3,6-7,10,19H,4-5,8-9H2,1H3,(H,20,22). The highest BCUT2D eigenvalue weighted by atomic mass is 32.1. The molecule has 2 amide bonds. The predicted molar refractivity (Wildman–Crippen MR) is 94.6 cm³/mol. The van der Waals surface area contributed by atoms with Gasteiger partial charge >= 0.3 is 6.09 Å². The number of thiophene rings is 1. The van der Waals surface area contributed by atoms with Gasteiger partial charge in [-0.05, 0) is 23.8 Å². The Labute approximate surface area is 149 Å². The molecule has 2 aliphatic rings. The minimum Gasteiger partial charge on any atom is -0.453 e. The second kappa shape index (κ2) is 6.03. The van der Waals surface area contributed by atoms with Gasteiger partial charge in [0.05, 0.1) is 12.8 Å². The van der Waals surface area contributed by atoms with Gasteiger partial charge in [-0.25, -0.2) is 4.79 Å². The molecule has 1 spiro atoms. The van der Waals surface area contributed by atoms with Crippen LogP contribution in [0.25, 0.3) is 10.4 Å². The van der Waals surface area contributed by atoms with Crippen LogP contribution in [0.1, 0.15) is 22.5 Å². The number of methoxy groups -OCH3 is 1. The fourth-order valence-electron chi connectivity index (χ4n) is 3.32. The first-order valence-electron chi connectivity index (χ1n) is 8.08. The van der Waals surface area contributed by atoms with Gasteiger partial charge in [-0.2, -0.15) is 0 Å². The molecule has 2 N–H and O–H groups in total. The fraction of sp³-hybridized carbons (Fsp3) is 0.353. The molecule has 1 saturated heterocycles. The number of rotatable bonds is 1. The Hall–Kier alpha value is -2.61. The summed E-state index contributed by atoms with van der Waals surface area (Å²) in [6.45, 7) is 1.08. The van der Waals surface area contributed by atoms with Crippen molar-refractivity contribution in [1.82, 2.24) is 15.2 Å². The summed E-state index contributed by atoms with van der Waals surface area (Å²) in [5, 5.41) is 6.59. The average molecular weight is 358 g/mol. The lowest BCUT2D eigenvalue weighted by Crippen LogP contribution is -2.62. The molecule has 130 valence electrons. The molecule has 25 heavy (non-hydrogen) atoms. The predicted octanol–water partition coefficient (Wildman–Crippen LogP) is 2.52. The minimum atomic E-state index is -0.509. The summed E-state index contributed by atoms with van der Waals surface area (Å²) in [5.74, 6) is -0.0643. The Bertz CT molecular complexity index is 813. The van der Waals surface area contributed by atoms with Crippen molar-refractivity contribution in [3.05, 3.63) is 35.5 Å². The first-order chi connectivity index (χ1) is 12.1. The number of hydrogen-bond acceptors (Lipinski definition) is 6. The van der Waals surface area contributed by atoms with Crippen molar-refractivity contribution < 1.29 is 14.3 Å². The van der Waals surface area contributed by atoms with Crippen LogP contribution in [0, 0.1) is 0 Å². The van der Waals surface area contributed by atoms with E-state index in [1.54, 1.807) is 17.3 Å². The lowest BCUT2D eigenvalue weighted by atomic mass is 9.94. The van der Waals surface area contributed by atoms with Crippen molar-refractivity contribution >= 4 is 29.0 Å². The van der Waals surface area contributed by atoms with E-state index in [0.29, 0.717) is 30.8 Å². The van der Waals surface area contributed by atoms with Crippen LogP contribution in [-0.4, -0.2) is 47.7 Å². The molecular weight excluding hydrogens is 340 g/mol. The molecule has 4 rings (SSSR count). The Kier molecular flexibility index (Phi) is 3.84. The second-order valence-corrected chi connectivity index (χ2v) is 7.26. The number of carbonyl (C=O) groups excluding carboxylic acids is 2. The lowest BCUT2D eigenvalue weighted by Gasteiger charge is -2.44. The third-order valence-corrected chi connectivity index (χ3v) is 5.86. The number of hydrogen-bond donors (Lipinski definition) is 2. The molecule has 0 atom stereocenters. The molecule has 4 heterocycles. The molecule has 2 aromatic heterocycles. The molecule has 0 radical (unpaired) electrons. The van der Waals surface area contributed by atoms with Gasteiger partial charge in [-0.3, -0.25) is 9.78 Å². The summed E-state index contributed by atoms with van der Waals surface area (Å²) in [4.78, 5) is 31.7. The van der Waals surface area contributed by atoms with Crippen LogP contribution in [0.2, 0.25) is 0 Å². The zero-order valence-corrected chi connectivity index (χ0v) is 14.6. The van der Waals surface area contributed by atoms with Crippen molar-refractivity contribution in [3.8, 4) is 10.4 Å². The van der Waals surface area contributed by atoms with Gasteiger partial charge < -0.3 is 20.3 Å². The van der Waals surface area contributed by atoms with E-state index < -0.39 is 5.66 Å². The highest BCUT2D eigenvalue weighted by Crippen LogP contribution is 2.40. The average Bonchev–Trinajstić information content (AvgIpc) is 3.07. The third kappa shape index (κ3) is 2.82. The van der Waals surface area contributed by atoms with E-state index in [1.807, 2.05) is 18.2 Å². The topological polar surface area (TPSA) is 83.6 Å². The van der Waals surface area contributed by atoms with E-state index in [0.717, 1.165) is 16.1 Å². The number of pyridine rings is 1. The molecule has 2 aromatic rings. The maximum atomic E-state index is 12.6. The quantitative estimate of drug-likeness (QED) is 0.818. The van der Waals surface area contributed by atoms with E-state index in [-0.39, 0.29) is 12.0 Å². The van der Waals surface area contributed by atoms with Gasteiger partial charge in [0.2, 0.25) is 0 Å². The van der Waals surface area contributed by atoms with Crippen LogP contribution in [0.5, 0.6) is 0 Å². The minimum absolute atomic E-state index is 0.0643. The number of carbonyl (C=O) groups is 2. The normalized spacial score (nSPS) is 18.3. The molecule has 7 nitrogen and oxygen atoms in total. The molecule has 1 fully saturated rings. The number of fused-ring (bicyclic) bond motifs is 1. The van der Waals surface area contributed by atoms with E-state index in [9.17, 15) is 9.59 Å². The van der Waals surface area contributed by atoms with E-state index in [1.165, 1.54) is 18.4 Å². The highest BCUT2D eigenvalue weighted by molar-refractivity contribution is 7.18. The van der Waals surface area contributed by atoms with Gasteiger partial charge in [0.25, 0.3) is 5.91 Å². The first-order valence-corrected chi connectivity index (χ1v) is 8.90. The van der Waals surface area contributed by atoms with Crippen molar-refractivity contribution in [3.63, 3.8) is 0 Å². The summed E-state index contributed by atoms with van der Waals surface area (Å²) in [6.07, 6.45) is 4.42. The number of piperidine rings is 1. The Morgan fingerprint density at radius 1 is 1.28 bits per heavy atom. The van der Waals surface area contributed by atoms with E-state index >= 15 is 0 Å². The Morgan fingerprint density at radius 3 is 2.68 bits per heavy atom. The summed E-state index contributed by atoms with van der Waals surface area (Å²) < 4.78 is 4.77.